The van der Waals surface area contributed by atoms with E-state index < -0.39 is 22.0 Å². The second-order valence-electron chi connectivity index (χ2n) is 5.01. The quantitative estimate of drug-likeness (QED) is 0.753. The minimum absolute atomic E-state index is 0.221. The number of carbonyl (C=O) groups is 1. The second kappa shape index (κ2) is 5.41. The number of aryl methyl sites for hydroxylation is 1. The van der Waals surface area contributed by atoms with E-state index in [0.717, 1.165) is 29.8 Å². The van der Waals surface area contributed by atoms with Crippen molar-refractivity contribution in [1.82, 2.24) is 4.72 Å². The lowest BCUT2D eigenvalue weighted by Gasteiger charge is -2.23. The minimum atomic E-state index is -3.75. The average molecular weight is 297 g/mol. The molecule has 110 valence electrons. The van der Waals surface area contributed by atoms with E-state index in [0.29, 0.717) is 6.42 Å². The average Bonchev–Trinajstić information content (AvgIpc) is 2.38. The fraction of sp³-hybridized carbons (Fsp3) is 0.462. The van der Waals surface area contributed by atoms with Crippen molar-refractivity contribution in [3.8, 4) is 0 Å². The smallest absolute Gasteiger partial charge is 0.241 e. The Bertz CT molecular complexity index is 641. The van der Waals surface area contributed by atoms with Gasteiger partial charge >= 0.3 is 0 Å². The molecule has 0 saturated heterocycles. The molecule has 4 N–H and O–H groups in total. The van der Waals surface area contributed by atoms with Crippen LogP contribution in [0, 0.1) is 6.92 Å². The van der Waals surface area contributed by atoms with E-state index in [9.17, 15) is 13.2 Å². The number of nitrogens with two attached hydrogens (primary N) is 1. The van der Waals surface area contributed by atoms with Crippen molar-refractivity contribution in [3.05, 3.63) is 23.3 Å². The topological polar surface area (TPSA) is 101 Å². The third kappa shape index (κ3) is 2.78. The van der Waals surface area contributed by atoms with E-state index in [1.807, 2.05) is 6.92 Å². The number of amides is 1. The molecule has 0 saturated carbocycles. The van der Waals surface area contributed by atoms with Crippen LogP contribution in [0.25, 0.3) is 0 Å². The van der Waals surface area contributed by atoms with Crippen LogP contribution in [0.1, 0.15) is 24.5 Å². The summed E-state index contributed by atoms with van der Waals surface area (Å²) in [4.78, 5) is 11.3. The van der Waals surface area contributed by atoms with Crippen LogP contribution in [-0.2, 0) is 21.2 Å². The number of benzene rings is 1. The van der Waals surface area contributed by atoms with Crippen molar-refractivity contribution < 1.29 is 13.2 Å². The predicted molar refractivity (Wildman–Crippen MR) is 77.0 cm³/mol. The van der Waals surface area contributed by atoms with Crippen molar-refractivity contribution in [2.75, 3.05) is 11.9 Å². The van der Waals surface area contributed by atoms with Crippen LogP contribution in [0.5, 0.6) is 0 Å². The fourth-order valence-corrected chi connectivity index (χ4v) is 3.81. The molecule has 0 fully saturated rings. The predicted octanol–water partition coefficient (Wildman–Crippen LogP) is 0.505. The van der Waals surface area contributed by atoms with Gasteiger partial charge in [0.1, 0.15) is 0 Å². The zero-order chi connectivity index (χ0) is 14.9. The molecule has 0 spiro atoms. The number of fused-ring (bicyclic) bond motifs is 1. The third-order valence-corrected chi connectivity index (χ3v) is 5.06. The highest BCUT2D eigenvalue weighted by Crippen LogP contribution is 2.31. The largest absolute Gasteiger partial charge is 0.385 e. The fourth-order valence-electron chi connectivity index (χ4n) is 2.32. The van der Waals surface area contributed by atoms with Crippen molar-refractivity contribution in [3.63, 3.8) is 0 Å². The molecule has 20 heavy (non-hydrogen) atoms. The summed E-state index contributed by atoms with van der Waals surface area (Å²) < 4.78 is 27.1. The number of nitrogens with one attached hydrogen (secondary N) is 2. The lowest BCUT2D eigenvalue weighted by Crippen LogP contribution is -2.42. The first-order chi connectivity index (χ1) is 9.33. The Morgan fingerprint density at radius 3 is 2.80 bits per heavy atom. The first-order valence-corrected chi connectivity index (χ1v) is 7.99. The molecule has 1 aromatic rings. The van der Waals surface area contributed by atoms with E-state index in [-0.39, 0.29) is 4.90 Å². The first kappa shape index (κ1) is 14.8. The molecule has 1 amide bonds. The normalized spacial score (nSPS) is 16.1. The summed E-state index contributed by atoms with van der Waals surface area (Å²) in [5.41, 5.74) is 7.78. The Morgan fingerprint density at radius 1 is 1.45 bits per heavy atom. The van der Waals surface area contributed by atoms with Gasteiger partial charge in [-0.25, -0.2) is 8.42 Å². The van der Waals surface area contributed by atoms with E-state index in [2.05, 4.69) is 10.0 Å². The summed E-state index contributed by atoms with van der Waals surface area (Å²) in [5, 5.41) is 3.24. The minimum Gasteiger partial charge on any atom is -0.385 e. The van der Waals surface area contributed by atoms with Crippen molar-refractivity contribution in [1.29, 1.82) is 0 Å². The molecular weight excluding hydrogens is 278 g/mol. The van der Waals surface area contributed by atoms with Gasteiger partial charge in [-0.15, -0.1) is 0 Å². The maximum atomic E-state index is 12.4. The first-order valence-electron chi connectivity index (χ1n) is 6.51. The molecule has 1 heterocycles. The molecule has 0 aromatic heterocycles. The van der Waals surface area contributed by atoms with E-state index >= 15 is 0 Å². The van der Waals surface area contributed by atoms with Gasteiger partial charge in [0.15, 0.2) is 0 Å². The molecule has 1 aromatic carbocycles. The summed E-state index contributed by atoms with van der Waals surface area (Å²) in [6.07, 6.45) is 1.58. The van der Waals surface area contributed by atoms with Crippen LogP contribution in [0.3, 0.4) is 0 Å². The molecular formula is C13H19N3O3S. The molecule has 2 rings (SSSR count). The zero-order valence-corrected chi connectivity index (χ0v) is 12.4. The summed E-state index contributed by atoms with van der Waals surface area (Å²) in [6.45, 7) is 4.20. The molecule has 0 bridgehead atoms. The number of hydrogen-bond acceptors (Lipinski definition) is 4. The Kier molecular flexibility index (Phi) is 4.01. The molecule has 0 radical (unpaired) electrons. The van der Waals surface area contributed by atoms with Crippen molar-refractivity contribution >= 4 is 21.6 Å². The maximum Gasteiger partial charge on any atom is 0.241 e. The van der Waals surface area contributed by atoms with E-state index in [1.54, 1.807) is 12.1 Å². The van der Waals surface area contributed by atoms with Crippen molar-refractivity contribution in [2.24, 2.45) is 5.73 Å². The summed E-state index contributed by atoms with van der Waals surface area (Å²) >= 11 is 0. The van der Waals surface area contributed by atoms with Gasteiger partial charge in [-0.3, -0.25) is 4.79 Å². The third-order valence-electron chi connectivity index (χ3n) is 3.43. The monoisotopic (exact) mass is 297 g/mol. The Hall–Kier alpha value is -1.60. The number of rotatable bonds is 4. The number of hydrogen-bond donors (Lipinski definition) is 3. The standard InChI is InChI=1S/C13H19N3O3S/c1-8-5-6-11(10-4-3-7-15-12(8)10)20(18,19)16-9(2)13(14)17/h5-6,9,15-16H,3-4,7H2,1-2H3,(H2,14,17). The molecule has 0 aliphatic carbocycles. The maximum absolute atomic E-state index is 12.4. The van der Waals surface area contributed by atoms with Crippen LogP contribution < -0.4 is 15.8 Å². The van der Waals surface area contributed by atoms with Gasteiger partial charge in [-0.2, -0.15) is 4.72 Å². The summed E-state index contributed by atoms with van der Waals surface area (Å²) in [5.74, 6) is -0.701. The number of carbonyl (C=O) groups excluding carboxylic acids is 1. The highest BCUT2D eigenvalue weighted by molar-refractivity contribution is 7.89. The van der Waals surface area contributed by atoms with E-state index in [1.165, 1.54) is 6.92 Å². The Labute approximate surface area is 118 Å². The van der Waals surface area contributed by atoms with Gasteiger partial charge in [0.05, 0.1) is 10.9 Å². The lowest BCUT2D eigenvalue weighted by atomic mass is 10.00. The van der Waals surface area contributed by atoms with Gasteiger partial charge in [-0.1, -0.05) is 6.07 Å². The highest BCUT2D eigenvalue weighted by Gasteiger charge is 2.26. The molecule has 1 aliphatic rings. The van der Waals surface area contributed by atoms with Crippen LogP contribution in [0.4, 0.5) is 5.69 Å². The highest BCUT2D eigenvalue weighted by atomic mass is 32.2. The SMILES string of the molecule is Cc1ccc(S(=O)(=O)NC(C)C(N)=O)c2c1NCCC2. The zero-order valence-electron chi connectivity index (χ0n) is 11.6. The van der Waals surface area contributed by atoms with Gasteiger partial charge in [0.2, 0.25) is 15.9 Å². The molecule has 7 heteroatoms. The van der Waals surface area contributed by atoms with Crippen LogP contribution in [0.2, 0.25) is 0 Å². The molecule has 1 unspecified atom stereocenters. The van der Waals surface area contributed by atoms with Crippen LogP contribution in [0.15, 0.2) is 17.0 Å². The van der Waals surface area contributed by atoms with Gasteiger partial charge in [0.25, 0.3) is 0 Å². The van der Waals surface area contributed by atoms with Crippen molar-refractivity contribution in [2.45, 2.75) is 37.6 Å². The van der Waals surface area contributed by atoms with Gasteiger partial charge < -0.3 is 11.1 Å². The van der Waals surface area contributed by atoms with E-state index in [4.69, 9.17) is 5.73 Å². The number of primary amides is 1. The van der Waals surface area contributed by atoms with Crippen LogP contribution >= 0.6 is 0 Å². The lowest BCUT2D eigenvalue weighted by molar-refractivity contribution is -0.119. The number of sulfonamides is 1. The molecule has 1 aliphatic heterocycles. The number of anilines is 1. The summed E-state index contributed by atoms with van der Waals surface area (Å²) in [7, 11) is -3.75. The Morgan fingerprint density at radius 2 is 2.15 bits per heavy atom. The van der Waals surface area contributed by atoms with Gasteiger partial charge in [0, 0.05) is 12.2 Å². The van der Waals surface area contributed by atoms with Gasteiger partial charge in [-0.05, 0) is 43.9 Å². The summed E-state index contributed by atoms with van der Waals surface area (Å²) in [6, 6.07) is 2.41. The second-order valence-corrected chi connectivity index (χ2v) is 6.69. The Balaban J connectivity index is 2.45. The van der Waals surface area contributed by atoms with Crippen LogP contribution in [-0.4, -0.2) is 26.9 Å². The molecule has 6 nitrogen and oxygen atoms in total. The molecule has 1 atom stereocenters.